The van der Waals surface area contributed by atoms with E-state index >= 15 is 0 Å². The maximum Gasteiger partial charge on any atom is 0.0587 e. The third-order valence-corrected chi connectivity index (χ3v) is 4.56. The highest BCUT2D eigenvalue weighted by atomic mass is 16.5. The lowest BCUT2D eigenvalue weighted by Gasteiger charge is -2.30. The van der Waals surface area contributed by atoms with Crippen LogP contribution in [0.25, 0.3) is 0 Å². The molecule has 1 aliphatic carbocycles. The molecule has 21 heavy (non-hydrogen) atoms. The minimum Gasteiger partial charge on any atom is -0.383 e. The fourth-order valence-corrected chi connectivity index (χ4v) is 3.32. The molecule has 118 valence electrons. The standard InChI is InChI=1S/C18H30N2O/c1-4-20(17-7-5-6-8-17)18-10-9-16(15(2)13-18)14-19-11-12-21-3/h9-10,13,17,19H,4-8,11-12,14H2,1-3H3. The number of anilines is 1. The molecule has 0 bridgehead atoms. The van der Waals surface area contributed by atoms with Crippen molar-refractivity contribution in [2.75, 3.05) is 31.7 Å². The molecule has 0 spiro atoms. The lowest BCUT2D eigenvalue weighted by molar-refractivity contribution is 0.199. The summed E-state index contributed by atoms with van der Waals surface area (Å²) < 4.78 is 5.06. The topological polar surface area (TPSA) is 24.5 Å². The smallest absolute Gasteiger partial charge is 0.0587 e. The highest BCUT2D eigenvalue weighted by Gasteiger charge is 2.21. The lowest BCUT2D eigenvalue weighted by Crippen LogP contribution is -2.33. The number of hydrogen-bond donors (Lipinski definition) is 1. The molecular formula is C18H30N2O. The second-order valence-corrected chi connectivity index (χ2v) is 6.00. The summed E-state index contributed by atoms with van der Waals surface area (Å²) in [6, 6.07) is 7.68. The normalized spacial score (nSPS) is 15.6. The van der Waals surface area contributed by atoms with Crippen LogP contribution in [0, 0.1) is 6.92 Å². The van der Waals surface area contributed by atoms with Gasteiger partial charge in [0.25, 0.3) is 0 Å². The van der Waals surface area contributed by atoms with Crippen molar-refractivity contribution in [3.05, 3.63) is 29.3 Å². The van der Waals surface area contributed by atoms with E-state index in [0.29, 0.717) is 0 Å². The number of hydrogen-bond acceptors (Lipinski definition) is 3. The molecule has 0 saturated heterocycles. The largest absolute Gasteiger partial charge is 0.383 e. The van der Waals surface area contributed by atoms with Gasteiger partial charge in [0.15, 0.2) is 0 Å². The minimum absolute atomic E-state index is 0.750. The maximum atomic E-state index is 5.06. The van der Waals surface area contributed by atoms with E-state index < -0.39 is 0 Å². The summed E-state index contributed by atoms with van der Waals surface area (Å²) in [6.07, 6.45) is 5.49. The fourth-order valence-electron chi connectivity index (χ4n) is 3.32. The first-order valence-electron chi connectivity index (χ1n) is 8.32. The van der Waals surface area contributed by atoms with E-state index in [4.69, 9.17) is 4.74 Å². The Kier molecular flexibility index (Phi) is 6.52. The Labute approximate surface area is 129 Å². The van der Waals surface area contributed by atoms with Crippen molar-refractivity contribution in [1.82, 2.24) is 5.32 Å². The predicted molar refractivity (Wildman–Crippen MR) is 90.0 cm³/mol. The van der Waals surface area contributed by atoms with Gasteiger partial charge in [-0.1, -0.05) is 18.9 Å². The summed E-state index contributed by atoms with van der Waals surface area (Å²) in [5.41, 5.74) is 4.16. The molecule has 1 aromatic rings. The molecule has 0 unspecified atom stereocenters. The van der Waals surface area contributed by atoms with Crippen LogP contribution in [0.2, 0.25) is 0 Å². The SMILES string of the molecule is CCN(c1ccc(CNCCOC)c(C)c1)C1CCCC1. The molecule has 1 saturated carbocycles. The van der Waals surface area contributed by atoms with Crippen LogP contribution in [0.15, 0.2) is 18.2 Å². The van der Waals surface area contributed by atoms with Crippen molar-refractivity contribution in [2.45, 2.75) is 52.1 Å². The van der Waals surface area contributed by atoms with Crippen LogP contribution in [0.5, 0.6) is 0 Å². The summed E-state index contributed by atoms with van der Waals surface area (Å²) in [7, 11) is 1.74. The first-order valence-corrected chi connectivity index (χ1v) is 8.32. The van der Waals surface area contributed by atoms with Crippen molar-refractivity contribution >= 4 is 5.69 Å². The van der Waals surface area contributed by atoms with E-state index in [0.717, 1.165) is 32.3 Å². The van der Waals surface area contributed by atoms with Gasteiger partial charge in [0.2, 0.25) is 0 Å². The summed E-state index contributed by atoms with van der Waals surface area (Å²) in [4.78, 5) is 2.59. The molecular weight excluding hydrogens is 260 g/mol. The van der Waals surface area contributed by atoms with Crippen LogP contribution in [-0.4, -0.2) is 32.8 Å². The number of rotatable bonds is 8. The second kappa shape index (κ2) is 8.40. The number of nitrogens with zero attached hydrogens (tertiary/aromatic N) is 1. The van der Waals surface area contributed by atoms with Crippen molar-refractivity contribution in [3.63, 3.8) is 0 Å². The van der Waals surface area contributed by atoms with Gasteiger partial charge in [0.1, 0.15) is 0 Å². The molecule has 1 N–H and O–H groups in total. The number of benzene rings is 1. The van der Waals surface area contributed by atoms with E-state index in [1.807, 2.05) is 0 Å². The van der Waals surface area contributed by atoms with Gasteiger partial charge < -0.3 is 15.0 Å². The second-order valence-electron chi connectivity index (χ2n) is 6.00. The third kappa shape index (κ3) is 4.45. The van der Waals surface area contributed by atoms with Gasteiger partial charge in [-0.15, -0.1) is 0 Å². The maximum absolute atomic E-state index is 5.06. The third-order valence-electron chi connectivity index (χ3n) is 4.56. The first kappa shape index (κ1) is 16.3. The quantitative estimate of drug-likeness (QED) is 0.742. The number of methoxy groups -OCH3 is 1. The fraction of sp³-hybridized carbons (Fsp3) is 0.667. The van der Waals surface area contributed by atoms with Crippen LogP contribution >= 0.6 is 0 Å². The Hall–Kier alpha value is -1.06. The monoisotopic (exact) mass is 290 g/mol. The summed E-state index contributed by atoms with van der Waals surface area (Å²) in [5.74, 6) is 0. The molecule has 2 rings (SSSR count). The zero-order valence-corrected chi connectivity index (χ0v) is 13.8. The van der Waals surface area contributed by atoms with Crippen LogP contribution in [0.3, 0.4) is 0 Å². The molecule has 0 atom stereocenters. The van der Waals surface area contributed by atoms with Crippen LogP contribution in [-0.2, 0) is 11.3 Å². The van der Waals surface area contributed by atoms with Gasteiger partial charge >= 0.3 is 0 Å². The zero-order valence-electron chi connectivity index (χ0n) is 13.8. The lowest BCUT2D eigenvalue weighted by atomic mass is 10.1. The van der Waals surface area contributed by atoms with E-state index in [1.165, 1.54) is 42.5 Å². The molecule has 0 radical (unpaired) electrons. The molecule has 3 heteroatoms. The van der Waals surface area contributed by atoms with Crippen LogP contribution < -0.4 is 10.2 Å². The predicted octanol–water partition coefficient (Wildman–Crippen LogP) is 3.50. The van der Waals surface area contributed by atoms with Crippen molar-refractivity contribution < 1.29 is 4.74 Å². The average Bonchev–Trinajstić information content (AvgIpc) is 3.00. The van der Waals surface area contributed by atoms with Crippen molar-refractivity contribution in [2.24, 2.45) is 0 Å². The van der Waals surface area contributed by atoms with Gasteiger partial charge in [-0.05, 0) is 49.9 Å². The average molecular weight is 290 g/mol. The van der Waals surface area contributed by atoms with Gasteiger partial charge in [0, 0.05) is 38.5 Å². The number of aryl methyl sites for hydroxylation is 1. The summed E-state index contributed by atoms with van der Waals surface area (Å²) >= 11 is 0. The minimum atomic E-state index is 0.750. The molecule has 1 aromatic carbocycles. The Morgan fingerprint density at radius 2 is 2.05 bits per heavy atom. The van der Waals surface area contributed by atoms with Crippen LogP contribution in [0.4, 0.5) is 5.69 Å². The van der Waals surface area contributed by atoms with Crippen LogP contribution in [0.1, 0.15) is 43.7 Å². The molecule has 1 aliphatic rings. The number of nitrogens with one attached hydrogen (secondary N) is 1. The molecule has 0 heterocycles. The molecule has 3 nitrogen and oxygen atoms in total. The highest BCUT2D eigenvalue weighted by molar-refractivity contribution is 5.51. The summed E-state index contributed by atoms with van der Waals surface area (Å²) in [6.45, 7) is 8.19. The van der Waals surface area contributed by atoms with E-state index in [-0.39, 0.29) is 0 Å². The Bertz CT molecular complexity index is 427. The van der Waals surface area contributed by atoms with E-state index in [2.05, 4.69) is 42.3 Å². The van der Waals surface area contributed by atoms with Gasteiger partial charge in [-0.3, -0.25) is 0 Å². The first-order chi connectivity index (χ1) is 10.3. The Morgan fingerprint density at radius 1 is 1.29 bits per heavy atom. The Balaban J connectivity index is 1.99. The number of ether oxygens (including phenoxy) is 1. The molecule has 0 amide bonds. The van der Waals surface area contributed by atoms with Crippen molar-refractivity contribution in [1.29, 1.82) is 0 Å². The molecule has 1 fully saturated rings. The van der Waals surface area contributed by atoms with Crippen molar-refractivity contribution in [3.8, 4) is 0 Å². The van der Waals surface area contributed by atoms with Gasteiger partial charge in [-0.25, -0.2) is 0 Å². The van der Waals surface area contributed by atoms with E-state index in [1.54, 1.807) is 7.11 Å². The Morgan fingerprint density at radius 3 is 2.67 bits per heavy atom. The zero-order chi connectivity index (χ0) is 15.1. The molecule has 0 aromatic heterocycles. The molecule has 0 aliphatic heterocycles. The van der Waals surface area contributed by atoms with E-state index in [9.17, 15) is 0 Å². The summed E-state index contributed by atoms with van der Waals surface area (Å²) in [5, 5.41) is 3.42. The highest BCUT2D eigenvalue weighted by Crippen LogP contribution is 2.29. The van der Waals surface area contributed by atoms with Gasteiger partial charge in [-0.2, -0.15) is 0 Å². The van der Waals surface area contributed by atoms with Gasteiger partial charge in [0.05, 0.1) is 6.61 Å².